The molecule has 0 radical (unpaired) electrons. The molecule has 2 N–H and O–H groups in total. The standard InChI is InChI=1S/C12H11BrClN3O/c1-7-16-5-10(13)12(18)17(7)6-8-4-9(14)2-3-11(8)15/h2-5H,6,15H2,1H3. The molecule has 2 rings (SSSR count). The summed E-state index contributed by atoms with van der Waals surface area (Å²) < 4.78 is 1.97. The van der Waals surface area contributed by atoms with Crippen molar-refractivity contribution in [3.05, 3.63) is 55.6 Å². The van der Waals surface area contributed by atoms with E-state index < -0.39 is 0 Å². The van der Waals surface area contributed by atoms with Crippen LogP contribution in [-0.4, -0.2) is 9.55 Å². The summed E-state index contributed by atoms with van der Waals surface area (Å²) in [7, 11) is 0. The van der Waals surface area contributed by atoms with E-state index in [4.69, 9.17) is 17.3 Å². The molecule has 0 aliphatic heterocycles. The molecule has 0 bridgehead atoms. The van der Waals surface area contributed by atoms with E-state index in [1.807, 2.05) is 0 Å². The number of nitrogens with zero attached hydrogens (tertiary/aromatic N) is 2. The highest BCUT2D eigenvalue weighted by Gasteiger charge is 2.08. The van der Waals surface area contributed by atoms with Gasteiger partial charge in [-0.3, -0.25) is 9.36 Å². The third kappa shape index (κ3) is 2.57. The SMILES string of the molecule is Cc1ncc(Br)c(=O)n1Cc1cc(Cl)ccc1N. The maximum atomic E-state index is 12.0. The Kier molecular flexibility index (Phi) is 3.73. The van der Waals surface area contributed by atoms with E-state index in [1.54, 1.807) is 29.7 Å². The summed E-state index contributed by atoms with van der Waals surface area (Å²) in [6, 6.07) is 5.20. The average Bonchev–Trinajstić information content (AvgIpc) is 2.34. The van der Waals surface area contributed by atoms with Gasteiger partial charge in [0, 0.05) is 16.9 Å². The van der Waals surface area contributed by atoms with E-state index in [0.29, 0.717) is 27.6 Å². The lowest BCUT2D eigenvalue weighted by molar-refractivity contribution is 0.696. The van der Waals surface area contributed by atoms with Crippen LogP contribution >= 0.6 is 27.5 Å². The summed E-state index contributed by atoms with van der Waals surface area (Å²) in [6.45, 7) is 2.12. The second-order valence-corrected chi connectivity index (χ2v) is 5.18. The van der Waals surface area contributed by atoms with Crippen LogP contribution in [0.1, 0.15) is 11.4 Å². The van der Waals surface area contributed by atoms with E-state index in [9.17, 15) is 4.79 Å². The predicted molar refractivity (Wildman–Crippen MR) is 75.9 cm³/mol. The minimum Gasteiger partial charge on any atom is -0.398 e. The number of benzene rings is 1. The first kappa shape index (κ1) is 13.1. The number of hydrogen-bond donors (Lipinski definition) is 1. The summed E-state index contributed by atoms with van der Waals surface area (Å²) >= 11 is 9.10. The highest BCUT2D eigenvalue weighted by atomic mass is 79.9. The summed E-state index contributed by atoms with van der Waals surface area (Å²) in [5, 5.41) is 0.591. The lowest BCUT2D eigenvalue weighted by Gasteiger charge is -2.11. The van der Waals surface area contributed by atoms with Gasteiger partial charge in [-0.1, -0.05) is 11.6 Å². The molecule has 0 amide bonds. The fourth-order valence-corrected chi connectivity index (χ4v) is 2.13. The highest BCUT2D eigenvalue weighted by molar-refractivity contribution is 9.10. The molecule has 1 heterocycles. The Morgan fingerprint density at radius 2 is 2.22 bits per heavy atom. The minimum absolute atomic E-state index is 0.137. The molecule has 0 atom stereocenters. The zero-order valence-corrected chi connectivity index (χ0v) is 12.0. The van der Waals surface area contributed by atoms with Gasteiger partial charge in [-0.05, 0) is 46.6 Å². The number of nitrogen functional groups attached to an aromatic ring is 1. The number of aryl methyl sites for hydroxylation is 1. The van der Waals surface area contributed by atoms with Crippen molar-refractivity contribution in [2.45, 2.75) is 13.5 Å². The normalized spacial score (nSPS) is 10.6. The molecular weight excluding hydrogens is 318 g/mol. The van der Waals surface area contributed by atoms with Gasteiger partial charge in [0.2, 0.25) is 0 Å². The molecule has 2 aromatic rings. The molecule has 0 aliphatic rings. The molecule has 0 fully saturated rings. The Labute approximate surface area is 118 Å². The second-order valence-electron chi connectivity index (χ2n) is 3.89. The van der Waals surface area contributed by atoms with Crippen LogP contribution in [0.5, 0.6) is 0 Å². The summed E-state index contributed by atoms with van der Waals surface area (Å²) in [4.78, 5) is 16.1. The van der Waals surface area contributed by atoms with Crippen LogP contribution in [0.3, 0.4) is 0 Å². The molecule has 0 saturated heterocycles. The maximum Gasteiger partial charge on any atom is 0.268 e. The zero-order valence-electron chi connectivity index (χ0n) is 9.65. The van der Waals surface area contributed by atoms with Gasteiger partial charge in [0.1, 0.15) is 10.3 Å². The first-order valence-corrected chi connectivity index (χ1v) is 6.42. The molecule has 6 heteroatoms. The van der Waals surface area contributed by atoms with Crippen molar-refractivity contribution in [2.75, 3.05) is 5.73 Å². The van der Waals surface area contributed by atoms with Crippen LogP contribution in [0.15, 0.2) is 33.7 Å². The van der Waals surface area contributed by atoms with Gasteiger partial charge in [-0.25, -0.2) is 4.98 Å². The van der Waals surface area contributed by atoms with Crippen molar-refractivity contribution in [2.24, 2.45) is 0 Å². The van der Waals surface area contributed by atoms with Crippen molar-refractivity contribution in [3.63, 3.8) is 0 Å². The maximum absolute atomic E-state index is 12.0. The quantitative estimate of drug-likeness (QED) is 0.862. The van der Waals surface area contributed by atoms with E-state index in [2.05, 4.69) is 20.9 Å². The molecule has 0 aliphatic carbocycles. The van der Waals surface area contributed by atoms with Gasteiger partial charge in [0.05, 0.1) is 6.54 Å². The Morgan fingerprint density at radius 1 is 1.50 bits per heavy atom. The molecular formula is C12H11BrClN3O. The molecule has 4 nitrogen and oxygen atoms in total. The molecule has 0 spiro atoms. The van der Waals surface area contributed by atoms with Gasteiger partial charge in [-0.2, -0.15) is 0 Å². The number of anilines is 1. The van der Waals surface area contributed by atoms with E-state index in [-0.39, 0.29) is 5.56 Å². The molecule has 94 valence electrons. The van der Waals surface area contributed by atoms with E-state index >= 15 is 0 Å². The van der Waals surface area contributed by atoms with Crippen LogP contribution < -0.4 is 11.3 Å². The zero-order chi connectivity index (χ0) is 13.3. The van der Waals surface area contributed by atoms with Crippen LogP contribution in [0.2, 0.25) is 5.02 Å². The number of rotatable bonds is 2. The summed E-state index contributed by atoms with van der Waals surface area (Å²) in [5.74, 6) is 0.627. The molecule has 0 saturated carbocycles. The smallest absolute Gasteiger partial charge is 0.268 e. The number of halogens is 2. The Hall–Kier alpha value is -1.33. The largest absolute Gasteiger partial charge is 0.398 e. The second kappa shape index (κ2) is 5.12. The average molecular weight is 329 g/mol. The third-order valence-corrected chi connectivity index (χ3v) is 3.42. The topological polar surface area (TPSA) is 60.9 Å². The first-order valence-electron chi connectivity index (χ1n) is 5.25. The molecule has 1 aromatic heterocycles. The highest BCUT2D eigenvalue weighted by Crippen LogP contribution is 2.19. The van der Waals surface area contributed by atoms with Crippen molar-refractivity contribution >= 4 is 33.2 Å². The van der Waals surface area contributed by atoms with E-state index in [1.165, 1.54) is 6.20 Å². The van der Waals surface area contributed by atoms with Crippen molar-refractivity contribution < 1.29 is 0 Å². The fourth-order valence-electron chi connectivity index (χ4n) is 1.62. The minimum atomic E-state index is -0.137. The van der Waals surface area contributed by atoms with Gasteiger partial charge in [-0.15, -0.1) is 0 Å². The van der Waals surface area contributed by atoms with Gasteiger partial charge < -0.3 is 5.73 Å². The Morgan fingerprint density at radius 3 is 2.94 bits per heavy atom. The monoisotopic (exact) mass is 327 g/mol. The Balaban J connectivity index is 2.49. The third-order valence-electron chi connectivity index (χ3n) is 2.64. The van der Waals surface area contributed by atoms with Crippen molar-refractivity contribution in [1.29, 1.82) is 0 Å². The van der Waals surface area contributed by atoms with Gasteiger partial charge in [0.25, 0.3) is 5.56 Å². The molecule has 1 aromatic carbocycles. The van der Waals surface area contributed by atoms with Crippen LogP contribution in [0.25, 0.3) is 0 Å². The molecule has 18 heavy (non-hydrogen) atoms. The van der Waals surface area contributed by atoms with Gasteiger partial charge >= 0.3 is 0 Å². The van der Waals surface area contributed by atoms with Crippen molar-refractivity contribution in [3.8, 4) is 0 Å². The number of hydrogen-bond acceptors (Lipinski definition) is 3. The first-order chi connectivity index (χ1) is 8.49. The Bertz CT molecular complexity index is 654. The summed E-state index contributed by atoms with van der Waals surface area (Å²) in [6.07, 6.45) is 1.50. The summed E-state index contributed by atoms with van der Waals surface area (Å²) in [5.41, 5.74) is 7.13. The van der Waals surface area contributed by atoms with Crippen LogP contribution in [-0.2, 0) is 6.54 Å². The predicted octanol–water partition coefficient (Wildman–Crippen LogP) is 2.60. The van der Waals surface area contributed by atoms with Crippen molar-refractivity contribution in [1.82, 2.24) is 9.55 Å². The number of nitrogens with two attached hydrogens (primary N) is 1. The van der Waals surface area contributed by atoms with Crippen LogP contribution in [0.4, 0.5) is 5.69 Å². The van der Waals surface area contributed by atoms with E-state index in [0.717, 1.165) is 5.56 Å². The molecule has 0 unspecified atom stereocenters. The lowest BCUT2D eigenvalue weighted by atomic mass is 10.2. The lowest BCUT2D eigenvalue weighted by Crippen LogP contribution is -2.24. The fraction of sp³-hybridized carbons (Fsp3) is 0.167. The van der Waals surface area contributed by atoms with Gasteiger partial charge in [0.15, 0.2) is 0 Å². The number of aromatic nitrogens is 2. The van der Waals surface area contributed by atoms with Crippen LogP contribution in [0, 0.1) is 6.92 Å².